The van der Waals surface area contributed by atoms with Crippen molar-refractivity contribution in [1.82, 2.24) is 9.97 Å². The van der Waals surface area contributed by atoms with Crippen molar-refractivity contribution < 1.29 is 4.79 Å². The van der Waals surface area contributed by atoms with Gasteiger partial charge in [0.25, 0.3) is 5.91 Å². The van der Waals surface area contributed by atoms with Crippen LogP contribution in [0.25, 0.3) is 10.2 Å². The molecule has 3 heterocycles. The van der Waals surface area contributed by atoms with Crippen LogP contribution in [0.3, 0.4) is 0 Å². The van der Waals surface area contributed by atoms with Gasteiger partial charge in [-0.1, -0.05) is 18.2 Å². The number of benzene rings is 1. The Morgan fingerprint density at radius 1 is 1.16 bits per heavy atom. The maximum absolute atomic E-state index is 12.8. The first-order valence-electron chi connectivity index (χ1n) is 8.51. The van der Waals surface area contributed by atoms with Crippen LogP contribution in [0.5, 0.6) is 0 Å². The molecular formula is C19H20N4OS. The molecule has 25 heavy (non-hydrogen) atoms. The van der Waals surface area contributed by atoms with Crippen LogP contribution in [0.1, 0.15) is 33.6 Å². The third-order valence-corrected chi connectivity index (χ3v) is 5.91. The van der Waals surface area contributed by atoms with Crippen LogP contribution >= 0.6 is 11.3 Å². The first-order chi connectivity index (χ1) is 12.1. The zero-order valence-corrected chi connectivity index (χ0v) is 15.2. The molecule has 0 atom stereocenters. The molecule has 4 rings (SSSR count). The van der Waals surface area contributed by atoms with Crippen LogP contribution in [0.2, 0.25) is 0 Å². The molecular weight excluding hydrogens is 332 g/mol. The molecule has 6 heteroatoms. The monoisotopic (exact) mass is 352 g/mol. The van der Waals surface area contributed by atoms with E-state index in [-0.39, 0.29) is 5.91 Å². The molecule has 3 aromatic rings. The fraction of sp³-hybridized carbons (Fsp3) is 0.316. The Hall–Kier alpha value is -2.47. The van der Waals surface area contributed by atoms with Gasteiger partial charge >= 0.3 is 0 Å². The van der Waals surface area contributed by atoms with E-state index in [1.165, 1.54) is 24.2 Å². The summed E-state index contributed by atoms with van der Waals surface area (Å²) in [4.78, 5) is 25.6. The predicted octanol–water partition coefficient (Wildman–Crippen LogP) is 4.16. The zero-order chi connectivity index (χ0) is 17.4. The Morgan fingerprint density at radius 2 is 1.92 bits per heavy atom. The zero-order valence-electron chi connectivity index (χ0n) is 14.4. The summed E-state index contributed by atoms with van der Waals surface area (Å²) in [6.07, 6.45) is 3.99. The molecule has 1 N–H and O–H groups in total. The van der Waals surface area contributed by atoms with Gasteiger partial charge in [0, 0.05) is 18.8 Å². The molecule has 1 aliphatic rings. The number of aromatic nitrogens is 2. The van der Waals surface area contributed by atoms with Crippen molar-refractivity contribution in [1.29, 1.82) is 0 Å². The van der Waals surface area contributed by atoms with Gasteiger partial charge in [0.1, 0.15) is 17.0 Å². The number of rotatable bonds is 3. The molecule has 0 aliphatic carbocycles. The topological polar surface area (TPSA) is 58.1 Å². The summed E-state index contributed by atoms with van der Waals surface area (Å²) in [6.45, 7) is 6.02. The molecule has 0 radical (unpaired) electrons. The minimum Gasteiger partial charge on any atom is -0.356 e. The molecule has 0 unspecified atom stereocenters. The summed E-state index contributed by atoms with van der Waals surface area (Å²) in [6, 6.07) is 7.81. The summed E-state index contributed by atoms with van der Waals surface area (Å²) < 4.78 is 0. The number of amides is 1. The Labute approximate surface area is 150 Å². The van der Waals surface area contributed by atoms with Gasteiger partial charge in [-0.05, 0) is 43.9 Å². The van der Waals surface area contributed by atoms with Gasteiger partial charge in [-0.2, -0.15) is 0 Å². The smallest absolute Gasteiger partial charge is 0.266 e. The van der Waals surface area contributed by atoms with Crippen molar-refractivity contribution in [3.05, 3.63) is 46.6 Å². The highest BCUT2D eigenvalue weighted by atomic mass is 32.1. The maximum atomic E-state index is 12.8. The van der Waals surface area contributed by atoms with Crippen LogP contribution in [0, 0.1) is 13.8 Å². The molecule has 0 saturated carbocycles. The summed E-state index contributed by atoms with van der Waals surface area (Å²) >= 11 is 1.44. The van der Waals surface area contributed by atoms with E-state index >= 15 is 0 Å². The van der Waals surface area contributed by atoms with E-state index in [1.54, 1.807) is 6.33 Å². The van der Waals surface area contributed by atoms with E-state index in [2.05, 4.69) is 20.2 Å². The SMILES string of the molecule is Cc1ccccc1NC(=O)c1sc2ncnc(N3CCCC3)c2c1C. The lowest BCUT2D eigenvalue weighted by atomic mass is 10.1. The summed E-state index contributed by atoms with van der Waals surface area (Å²) in [5.41, 5.74) is 2.86. The van der Waals surface area contributed by atoms with Crippen molar-refractivity contribution >= 4 is 39.0 Å². The number of fused-ring (bicyclic) bond motifs is 1. The van der Waals surface area contributed by atoms with Crippen molar-refractivity contribution in [2.75, 3.05) is 23.3 Å². The average Bonchev–Trinajstić information content (AvgIpc) is 3.25. The standard InChI is InChI=1S/C19H20N4OS/c1-12-7-3-4-8-14(12)22-18(24)16-13(2)15-17(23-9-5-6-10-23)20-11-21-19(15)25-16/h3-4,7-8,11H,5-6,9-10H2,1-2H3,(H,22,24). The van der Waals surface area contributed by atoms with Gasteiger partial charge in [0.15, 0.2) is 0 Å². The predicted molar refractivity (Wildman–Crippen MR) is 103 cm³/mol. The largest absolute Gasteiger partial charge is 0.356 e. The molecule has 1 saturated heterocycles. The fourth-order valence-corrected chi connectivity index (χ4v) is 4.37. The molecule has 1 amide bonds. The van der Waals surface area contributed by atoms with E-state index in [1.807, 2.05) is 38.1 Å². The molecule has 1 aliphatic heterocycles. The number of para-hydroxylation sites is 1. The molecule has 5 nitrogen and oxygen atoms in total. The van der Waals surface area contributed by atoms with E-state index in [0.717, 1.165) is 45.9 Å². The Balaban J connectivity index is 1.73. The van der Waals surface area contributed by atoms with Gasteiger partial charge < -0.3 is 10.2 Å². The third-order valence-electron chi connectivity index (χ3n) is 4.71. The van der Waals surface area contributed by atoms with Crippen LogP contribution in [0.4, 0.5) is 11.5 Å². The van der Waals surface area contributed by atoms with Crippen LogP contribution in [-0.2, 0) is 0 Å². The molecule has 128 valence electrons. The molecule has 2 aromatic heterocycles. The van der Waals surface area contributed by atoms with Crippen LogP contribution in [-0.4, -0.2) is 29.0 Å². The number of hydrogen-bond donors (Lipinski definition) is 1. The van der Waals surface area contributed by atoms with Crippen molar-refractivity contribution in [2.45, 2.75) is 26.7 Å². The summed E-state index contributed by atoms with van der Waals surface area (Å²) in [7, 11) is 0. The fourth-order valence-electron chi connectivity index (χ4n) is 3.33. The maximum Gasteiger partial charge on any atom is 0.266 e. The second-order valence-corrected chi connectivity index (χ2v) is 7.40. The number of hydrogen-bond acceptors (Lipinski definition) is 5. The van der Waals surface area contributed by atoms with Gasteiger partial charge in [-0.25, -0.2) is 9.97 Å². The first-order valence-corrected chi connectivity index (χ1v) is 9.33. The van der Waals surface area contributed by atoms with Crippen LogP contribution in [0.15, 0.2) is 30.6 Å². The first kappa shape index (κ1) is 16.0. The third kappa shape index (κ3) is 2.87. The molecule has 0 bridgehead atoms. The number of carbonyl (C=O) groups excluding carboxylic acids is 1. The lowest BCUT2D eigenvalue weighted by molar-refractivity contribution is 0.103. The average molecular weight is 352 g/mol. The van der Waals surface area contributed by atoms with E-state index in [0.29, 0.717) is 4.88 Å². The van der Waals surface area contributed by atoms with E-state index in [9.17, 15) is 4.79 Å². The lowest BCUT2D eigenvalue weighted by Gasteiger charge is -2.17. The highest BCUT2D eigenvalue weighted by Crippen LogP contribution is 2.36. The van der Waals surface area contributed by atoms with Gasteiger partial charge in [-0.15, -0.1) is 11.3 Å². The quantitative estimate of drug-likeness (QED) is 0.769. The second-order valence-electron chi connectivity index (χ2n) is 6.40. The summed E-state index contributed by atoms with van der Waals surface area (Å²) in [5, 5.41) is 4.04. The number of anilines is 2. The molecule has 0 spiro atoms. The van der Waals surface area contributed by atoms with Crippen molar-refractivity contribution in [2.24, 2.45) is 0 Å². The second kappa shape index (κ2) is 6.44. The van der Waals surface area contributed by atoms with Crippen molar-refractivity contribution in [3.8, 4) is 0 Å². The Kier molecular flexibility index (Phi) is 4.13. The number of carbonyl (C=O) groups is 1. The number of thiophene rings is 1. The Morgan fingerprint density at radius 3 is 2.68 bits per heavy atom. The molecule has 1 aromatic carbocycles. The minimum atomic E-state index is -0.0813. The lowest BCUT2D eigenvalue weighted by Crippen LogP contribution is -2.19. The van der Waals surface area contributed by atoms with Gasteiger partial charge in [-0.3, -0.25) is 4.79 Å². The minimum absolute atomic E-state index is 0.0813. The number of nitrogens with zero attached hydrogens (tertiary/aromatic N) is 3. The molecule has 1 fully saturated rings. The van der Waals surface area contributed by atoms with Gasteiger partial charge in [0.2, 0.25) is 0 Å². The highest BCUT2D eigenvalue weighted by Gasteiger charge is 2.23. The number of aryl methyl sites for hydroxylation is 2. The Bertz CT molecular complexity index is 944. The number of nitrogens with one attached hydrogen (secondary N) is 1. The highest BCUT2D eigenvalue weighted by molar-refractivity contribution is 7.20. The summed E-state index contributed by atoms with van der Waals surface area (Å²) in [5.74, 6) is 0.883. The van der Waals surface area contributed by atoms with E-state index < -0.39 is 0 Å². The van der Waals surface area contributed by atoms with Gasteiger partial charge in [0.05, 0.1) is 10.3 Å². The van der Waals surface area contributed by atoms with Crippen molar-refractivity contribution in [3.63, 3.8) is 0 Å². The van der Waals surface area contributed by atoms with Crippen LogP contribution < -0.4 is 10.2 Å². The normalized spacial score (nSPS) is 14.2. The van der Waals surface area contributed by atoms with E-state index in [4.69, 9.17) is 0 Å².